The molecule has 1 aromatic carbocycles. The maximum Gasteiger partial charge on any atom is 0.151 e. The Balaban J connectivity index is 1.49. The summed E-state index contributed by atoms with van der Waals surface area (Å²) in [6, 6.07) is 9.21. The summed E-state index contributed by atoms with van der Waals surface area (Å²) in [7, 11) is 0. The van der Waals surface area contributed by atoms with Crippen LogP contribution in [0.3, 0.4) is 0 Å². The summed E-state index contributed by atoms with van der Waals surface area (Å²) >= 11 is 0. The molecule has 0 unspecified atom stereocenters. The Hall–Kier alpha value is -2.21. The Morgan fingerprint density at radius 1 is 1.20 bits per heavy atom. The largest absolute Gasteiger partial charge is 0.493 e. The van der Waals surface area contributed by atoms with Crippen LogP contribution in [0.4, 0.5) is 10.2 Å². The summed E-state index contributed by atoms with van der Waals surface area (Å²) in [6.07, 6.45) is 5.83. The van der Waals surface area contributed by atoms with Crippen molar-refractivity contribution >= 4 is 5.82 Å². The number of ether oxygens (including phenoxy) is 1. The normalized spacial score (nSPS) is 23.5. The smallest absolute Gasteiger partial charge is 0.151 e. The highest BCUT2D eigenvalue weighted by Crippen LogP contribution is 2.33. The van der Waals surface area contributed by atoms with Gasteiger partial charge in [-0.1, -0.05) is 0 Å². The zero-order valence-electron chi connectivity index (χ0n) is 14.2. The number of fused-ring (bicyclic) bond motifs is 1. The van der Waals surface area contributed by atoms with Crippen LogP contribution in [-0.4, -0.2) is 35.9 Å². The molecule has 2 aromatic rings. The third kappa shape index (κ3) is 3.74. The van der Waals surface area contributed by atoms with E-state index in [4.69, 9.17) is 4.74 Å². The maximum atomic E-state index is 13.8. The Labute approximate surface area is 147 Å². The Morgan fingerprint density at radius 3 is 3.04 bits per heavy atom. The number of hydrogen-bond acceptors (Lipinski definition) is 5. The molecule has 2 atom stereocenters. The van der Waals surface area contributed by atoms with Gasteiger partial charge in [0.2, 0.25) is 0 Å². The summed E-state index contributed by atoms with van der Waals surface area (Å²) < 4.78 is 19.5. The van der Waals surface area contributed by atoms with Crippen LogP contribution in [0.1, 0.15) is 37.3 Å². The van der Waals surface area contributed by atoms with Crippen LogP contribution in [0.5, 0.6) is 5.75 Å². The fourth-order valence-corrected chi connectivity index (χ4v) is 3.79. The SMILES string of the molecule is Fc1ccc2c(c1)[C@H](N[C@H]1CCCN(c3cccnn3)C1)CCCO2. The van der Waals surface area contributed by atoms with Crippen LogP contribution in [0.15, 0.2) is 36.5 Å². The molecule has 1 fully saturated rings. The van der Waals surface area contributed by atoms with Gasteiger partial charge in [-0.05, 0) is 56.0 Å². The van der Waals surface area contributed by atoms with E-state index >= 15 is 0 Å². The van der Waals surface area contributed by atoms with E-state index < -0.39 is 0 Å². The number of hydrogen-bond donors (Lipinski definition) is 1. The Bertz CT molecular complexity index is 712. The van der Waals surface area contributed by atoms with Gasteiger partial charge in [0, 0.05) is 36.9 Å². The van der Waals surface area contributed by atoms with E-state index in [1.807, 2.05) is 12.1 Å². The molecule has 3 heterocycles. The van der Waals surface area contributed by atoms with Gasteiger partial charge in [0.05, 0.1) is 6.61 Å². The summed E-state index contributed by atoms with van der Waals surface area (Å²) in [5.74, 6) is 1.52. The van der Waals surface area contributed by atoms with Crippen LogP contribution < -0.4 is 15.0 Å². The summed E-state index contributed by atoms with van der Waals surface area (Å²) in [4.78, 5) is 2.27. The fraction of sp³-hybridized carbons (Fsp3) is 0.474. The van der Waals surface area contributed by atoms with E-state index in [0.29, 0.717) is 12.6 Å². The van der Waals surface area contributed by atoms with Crippen molar-refractivity contribution in [3.63, 3.8) is 0 Å². The van der Waals surface area contributed by atoms with Gasteiger partial charge in [0.15, 0.2) is 5.82 Å². The van der Waals surface area contributed by atoms with Crippen LogP contribution in [-0.2, 0) is 0 Å². The van der Waals surface area contributed by atoms with Crippen molar-refractivity contribution in [1.29, 1.82) is 0 Å². The molecule has 0 amide bonds. The van der Waals surface area contributed by atoms with Crippen molar-refractivity contribution in [2.45, 2.75) is 37.8 Å². The molecule has 25 heavy (non-hydrogen) atoms. The van der Waals surface area contributed by atoms with Crippen molar-refractivity contribution in [3.05, 3.63) is 47.9 Å². The van der Waals surface area contributed by atoms with E-state index in [0.717, 1.165) is 55.9 Å². The van der Waals surface area contributed by atoms with E-state index in [9.17, 15) is 4.39 Å². The number of halogens is 1. The molecule has 1 saturated heterocycles. The second-order valence-electron chi connectivity index (χ2n) is 6.76. The minimum Gasteiger partial charge on any atom is -0.493 e. The molecule has 1 aromatic heterocycles. The number of aromatic nitrogens is 2. The second-order valence-corrected chi connectivity index (χ2v) is 6.76. The maximum absolute atomic E-state index is 13.8. The predicted octanol–water partition coefficient (Wildman–Crippen LogP) is 3.09. The molecule has 132 valence electrons. The van der Waals surface area contributed by atoms with Crippen LogP contribution in [0, 0.1) is 5.82 Å². The van der Waals surface area contributed by atoms with Crippen LogP contribution >= 0.6 is 0 Å². The van der Waals surface area contributed by atoms with Crippen LogP contribution in [0.2, 0.25) is 0 Å². The molecule has 0 saturated carbocycles. The average molecular weight is 342 g/mol. The number of rotatable bonds is 3. The molecule has 0 spiro atoms. The van der Waals surface area contributed by atoms with Gasteiger partial charge in [-0.2, -0.15) is 5.10 Å². The van der Waals surface area contributed by atoms with Gasteiger partial charge in [0.25, 0.3) is 0 Å². The first-order valence-electron chi connectivity index (χ1n) is 9.00. The lowest BCUT2D eigenvalue weighted by Gasteiger charge is -2.36. The van der Waals surface area contributed by atoms with Gasteiger partial charge < -0.3 is 15.0 Å². The van der Waals surface area contributed by atoms with E-state index in [-0.39, 0.29) is 11.9 Å². The summed E-state index contributed by atoms with van der Waals surface area (Å²) in [5.41, 5.74) is 0.939. The second kappa shape index (κ2) is 7.35. The lowest BCUT2D eigenvalue weighted by molar-refractivity contribution is 0.312. The van der Waals surface area contributed by atoms with Gasteiger partial charge in [-0.3, -0.25) is 0 Å². The van der Waals surface area contributed by atoms with Crippen molar-refractivity contribution in [2.24, 2.45) is 0 Å². The van der Waals surface area contributed by atoms with Gasteiger partial charge >= 0.3 is 0 Å². The number of nitrogens with one attached hydrogen (secondary N) is 1. The highest BCUT2D eigenvalue weighted by atomic mass is 19.1. The van der Waals surface area contributed by atoms with Gasteiger partial charge in [0.1, 0.15) is 11.6 Å². The third-order valence-corrected chi connectivity index (χ3v) is 4.98. The number of benzene rings is 1. The van der Waals surface area contributed by atoms with E-state index in [1.165, 1.54) is 6.07 Å². The van der Waals surface area contributed by atoms with Gasteiger partial charge in [-0.15, -0.1) is 5.10 Å². The molecule has 1 N–H and O–H groups in total. The lowest BCUT2D eigenvalue weighted by atomic mass is 9.98. The predicted molar refractivity (Wildman–Crippen MR) is 94.3 cm³/mol. The molecule has 4 rings (SSSR count). The van der Waals surface area contributed by atoms with Crippen molar-refractivity contribution in [1.82, 2.24) is 15.5 Å². The zero-order valence-corrected chi connectivity index (χ0v) is 14.2. The lowest BCUT2D eigenvalue weighted by Crippen LogP contribution is -2.47. The number of piperidine rings is 1. The zero-order chi connectivity index (χ0) is 17.1. The topological polar surface area (TPSA) is 50.3 Å². The highest BCUT2D eigenvalue weighted by molar-refractivity contribution is 5.39. The monoisotopic (exact) mass is 342 g/mol. The van der Waals surface area contributed by atoms with E-state index in [1.54, 1.807) is 18.3 Å². The Morgan fingerprint density at radius 2 is 2.16 bits per heavy atom. The first-order valence-corrected chi connectivity index (χ1v) is 9.00. The van der Waals surface area contributed by atoms with Gasteiger partial charge in [-0.25, -0.2) is 4.39 Å². The fourth-order valence-electron chi connectivity index (χ4n) is 3.79. The summed E-state index contributed by atoms with van der Waals surface area (Å²) in [6.45, 7) is 2.57. The van der Waals surface area contributed by atoms with Crippen molar-refractivity contribution in [2.75, 3.05) is 24.6 Å². The highest BCUT2D eigenvalue weighted by Gasteiger charge is 2.26. The molecular formula is C19H23FN4O. The van der Waals surface area contributed by atoms with Crippen molar-refractivity contribution in [3.8, 4) is 5.75 Å². The Kier molecular flexibility index (Phi) is 4.78. The number of nitrogens with zero attached hydrogens (tertiary/aromatic N) is 3. The molecule has 5 nitrogen and oxygen atoms in total. The molecular weight excluding hydrogens is 319 g/mol. The first-order chi connectivity index (χ1) is 12.3. The standard InChI is InChI=1S/C19H23FN4O/c20-14-7-8-18-16(12-14)17(5-3-11-25-18)22-15-4-2-10-24(13-15)19-6-1-9-21-23-19/h1,6-9,12,15,17,22H,2-5,10-11,13H2/t15-,17+/m0/s1. The number of anilines is 1. The molecule has 6 heteroatoms. The minimum absolute atomic E-state index is 0.125. The first kappa shape index (κ1) is 16.3. The molecule has 0 radical (unpaired) electrons. The van der Waals surface area contributed by atoms with E-state index in [2.05, 4.69) is 20.4 Å². The average Bonchev–Trinajstić information content (AvgIpc) is 2.85. The molecule has 2 aliphatic heterocycles. The summed E-state index contributed by atoms with van der Waals surface area (Å²) in [5, 5.41) is 12.0. The third-order valence-electron chi connectivity index (χ3n) is 4.98. The van der Waals surface area contributed by atoms with Crippen LogP contribution in [0.25, 0.3) is 0 Å². The molecule has 0 aliphatic carbocycles. The molecule has 0 bridgehead atoms. The molecule has 2 aliphatic rings. The quantitative estimate of drug-likeness (QED) is 0.929. The minimum atomic E-state index is -0.208. The van der Waals surface area contributed by atoms with Crippen molar-refractivity contribution < 1.29 is 9.13 Å².